The summed E-state index contributed by atoms with van der Waals surface area (Å²) in [5, 5.41) is 7.08. The summed E-state index contributed by atoms with van der Waals surface area (Å²) in [5.74, 6) is -0.0399. The molecule has 0 aliphatic rings. The molecule has 0 aliphatic heterocycles. The molecule has 0 saturated heterocycles. The van der Waals surface area contributed by atoms with Crippen molar-refractivity contribution in [2.24, 2.45) is 0 Å². The van der Waals surface area contributed by atoms with Crippen LogP contribution in [0.15, 0.2) is 6.20 Å². The number of amides is 1. The van der Waals surface area contributed by atoms with Crippen LogP contribution in [0.4, 0.5) is 5.95 Å². The lowest BCUT2D eigenvalue weighted by molar-refractivity contribution is 0.0775. The van der Waals surface area contributed by atoms with Crippen molar-refractivity contribution in [3.63, 3.8) is 0 Å². The first kappa shape index (κ1) is 11.5. The van der Waals surface area contributed by atoms with Crippen molar-refractivity contribution < 1.29 is 4.79 Å². The first-order valence-corrected chi connectivity index (χ1v) is 5.72. The van der Waals surface area contributed by atoms with Crippen LogP contribution >= 0.6 is 11.3 Å². The van der Waals surface area contributed by atoms with Crippen LogP contribution in [-0.4, -0.2) is 38.0 Å². The summed E-state index contributed by atoms with van der Waals surface area (Å²) >= 11 is 1.56. The van der Waals surface area contributed by atoms with Crippen molar-refractivity contribution in [1.82, 2.24) is 25.1 Å². The van der Waals surface area contributed by atoms with Gasteiger partial charge < -0.3 is 10.6 Å². The summed E-state index contributed by atoms with van der Waals surface area (Å²) in [5.41, 5.74) is 5.34. The molecule has 0 bridgehead atoms. The summed E-state index contributed by atoms with van der Waals surface area (Å²) in [6.45, 7) is 2.41. The van der Waals surface area contributed by atoms with Gasteiger partial charge in [0.2, 0.25) is 11.8 Å². The van der Waals surface area contributed by atoms with Crippen molar-refractivity contribution in [3.05, 3.63) is 21.9 Å². The zero-order valence-corrected chi connectivity index (χ0v) is 10.3. The van der Waals surface area contributed by atoms with Gasteiger partial charge in [0.15, 0.2) is 0 Å². The number of nitrogen functional groups attached to an aromatic ring is 1. The van der Waals surface area contributed by atoms with E-state index in [1.807, 2.05) is 6.92 Å². The van der Waals surface area contributed by atoms with Crippen LogP contribution in [0, 0.1) is 6.92 Å². The van der Waals surface area contributed by atoms with E-state index in [1.165, 1.54) is 4.90 Å². The second-order valence-electron chi connectivity index (χ2n) is 3.55. The molecule has 0 fully saturated rings. The predicted octanol–water partition coefficient (Wildman–Crippen LogP) is 0.424. The molecule has 2 heterocycles. The normalized spacial score (nSPS) is 10.5. The van der Waals surface area contributed by atoms with Crippen LogP contribution in [0.5, 0.6) is 0 Å². The van der Waals surface area contributed by atoms with E-state index in [9.17, 15) is 4.79 Å². The number of hydrogen-bond donors (Lipinski definition) is 2. The molecular weight excluding hydrogens is 240 g/mol. The van der Waals surface area contributed by atoms with Crippen molar-refractivity contribution in [2.75, 3.05) is 12.8 Å². The van der Waals surface area contributed by atoms with Gasteiger partial charge in [0.1, 0.15) is 0 Å². The van der Waals surface area contributed by atoms with Gasteiger partial charge in [-0.3, -0.25) is 9.89 Å². The molecule has 0 atom stereocenters. The van der Waals surface area contributed by atoms with E-state index >= 15 is 0 Å². The maximum atomic E-state index is 11.9. The molecule has 3 N–H and O–H groups in total. The molecule has 1 amide bonds. The number of thiazole rings is 1. The summed E-state index contributed by atoms with van der Waals surface area (Å²) in [4.78, 5) is 22.4. The largest absolute Gasteiger partial charge is 0.366 e. The van der Waals surface area contributed by atoms with Gasteiger partial charge in [-0.2, -0.15) is 4.98 Å². The number of aryl methyl sites for hydroxylation is 1. The Labute approximate surface area is 102 Å². The summed E-state index contributed by atoms with van der Waals surface area (Å²) in [7, 11) is 1.69. The first-order valence-electron chi connectivity index (χ1n) is 4.91. The number of carbonyl (C=O) groups excluding carboxylic acids is 1. The number of aromatic amines is 1. The monoisotopic (exact) mass is 252 g/mol. The Morgan fingerprint density at radius 3 is 2.94 bits per heavy atom. The molecule has 0 saturated carbocycles. The minimum atomic E-state index is -0.250. The van der Waals surface area contributed by atoms with E-state index in [4.69, 9.17) is 5.73 Å². The third-order valence-corrected chi connectivity index (χ3v) is 3.01. The SMILES string of the molecule is Cc1ncc(CN(C)C(=O)c2nc(N)n[nH]2)s1. The van der Waals surface area contributed by atoms with E-state index in [0.29, 0.717) is 6.54 Å². The average molecular weight is 252 g/mol. The quantitative estimate of drug-likeness (QED) is 0.824. The number of nitrogens with two attached hydrogens (primary N) is 1. The topological polar surface area (TPSA) is 101 Å². The zero-order chi connectivity index (χ0) is 12.4. The van der Waals surface area contributed by atoms with E-state index in [1.54, 1.807) is 24.6 Å². The molecule has 2 aromatic rings. The van der Waals surface area contributed by atoms with Gasteiger partial charge >= 0.3 is 0 Å². The molecule has 90 valence electrons. The Bertz CT molecular complexity index is 533. The molecule has 0 radical (unpaired) electrons. The Morgan fingerprint density at radius 1 is 1.65 bits per heavy atom. The molecular formula is C9H12N6OS. The molecule has 0 spiro atoms. The Hall–Kier alpha value is -1.96. The highest BCUT2D eigenvalue weighted by Crippen LogP contribution is 2.14. The second kappa shape index (κ2) is 4.50. The first-order chi connectivity index (χ1) is 8.06. The third-order valence-electron chi connectivity index (χ3n) is 2.11. The summed E-state index contributed by atoms with van der Waals surface area (Å²) < 4.78 is 0. The molecule has 0 aromatic carbocycles. The zero-order valence-electron chi connectivity index (χ0n) is 9.47. The lowest BCUT2D eigenvalue weighted by atomic mass is 10.4. The van der Waals surface area contributed by atoms with Gasteiger partial charge in [0.05, 0.1) is 11.6 Å². The van der Waals surface area contributed by atoms with Crippen LogP contribution in [-0.2, 0) is 6.54 Å². The lowest BCUT2D eigenvalue weighted by Crippen LogP contribution is -2.26. The van der Waals surface area contributed by atoms with Crippen LogP contribution < -0.4 is 5.73 Å². The Balaban J connectivity index is 2.05. The van der Waals surface area contributed by atoms with Gasteiger partial charge in [0.25, 0.3) is 5.91 Å². The Kier molecular flexibility index (Phi) is 3.05. The number of hydrogen-bond acceptors (Lipinski definition) is 6. The number of rotatable bonds is 3. The van der Waals surface area contributed by atoms with Gasteiger partial charge in [-0.15, -0.1) is 16.4 Å². The molecule has 7 nitrogen and oxygen atoms in total. The minimum Gasteiger partial charge on any atom is -0.366 e. The van der Waals surface area contributed by atoms with Crippen molar-refractivity contribution in [1.29, 1.82) is 0 Å². The number of nitrogens with zero attached hydrogens (tertiary/aromatic N) is 4. The fraction of sp³-hybridized carbons (Fsp3) is 0.333. The fourth-order valence-electron chi connectivity index (χ4n) is 1.34. The van der Waals surface area contributed by atoms with Crippen molar-refractivity contribution in [2.45, 2.75) is 13.5 Å². The smallest absolute Gasteiger partial charge is 0.291 e. The Morgan fingerprint density at radius 2 is 2.41 bits per heavy atom. The second-order valence-corrected chi connectivity index (χ2v) is 4.87. The molecule has 8 heteroatoms. The molecule has 0 unspecified atom stereocenters. The maximum absolute atomic E-state index is 11.9. The molecule has 2 aromatic heterocycles. The highest BCUT2D eigenvalue weighted by atomic mass is 32.1. The third kappa shape index (κ3) is 2.59. The van der Waals surface area contributed by atoms with E-state index < -0.39 is 0 Å². The van der Waals surface area contributed by atoms with Crippen LogP contribution in [0.1, 0.15) is 20.5 Å². The summed E-state index contributed by atoms with van der Waals surface area (Å²) in [6.07, 6.45) is 1.76. The van der Waals surface area contributed by atoms with Crippen LogP contribution in [0.2, 0.25) is 0 Å². The standard InChI is InChI=1S/C9H12N6OS/c1-5-11-3-6(17-5)4-15(2)8(16)7-12-9(10)14-13-7/h3H,4H2,1-2H3,(H3,10,12,13,14). The highest BCUT2D eigenvalue weighted by Gasteiger charge is 2.16. The number of carbonyl (C=O) groups is 1. The van der Waals surface area contributed by atoms with Crippen molar-refractivity contribution >= 4 is 23.2 Å². The van der Waals surface area contributed by atoms with Gasteiger partial charge in [-0.1, -0.05) is 0 Å². The maximum Gasteiger partial charge on any atom is 0.291 e. The highest BCUT2D eigenvalue weighted by molar-refractivity contribution is 7.11. The molecule has 17 heavy (non-hydrogen) atoms. The van der Waals surface area contributed by atoms with Gasteiger partial charge in [0, 0.05) is 18.1 Å². The van der Waals surface area contributed by atoms with E-state index in [-0.39, 0.29) is 17.7 Å². The number of H-pyrrole nitrogens is 1. The number of nitrogens with one attached hydrogen (secondary N) is 1. The van der Waals surface area contributed by atoms with Gasteiger partial charge in [-0.25, -0.2) is 4.98 Å². The number of aromatic nitrogens is 4. The lowest BCUT2D eigenvalue weighted by Gasteiger charge is -2.13. The molecule has 2 rings (SSSR count). The van der Waals surface area contributed by atoms with Crippen LogP contribution in [0.3, 0.4) is 0 Å². The minimum absolute atomic E-state index is 0.0652. The van der Waals surface area contributed by atoms with Crippen LogP contribution in [0.25, 0.3) is 0 Å². The van der Waals surface area contributed by atoms with Crippen molar-refractivity contribution in [3.8, 4) is 0 Å². The average Bonchev–Trinajstić information content (AvgIpc) is 2.87. The fourth-order valence-corrected chi connectivity index (χ4v) is 2.18. The van der Waals surface area contributed by atoms with E-state index in [0.717, 1.165) is 9.88 Å². The van der Waals surface area contributed by atoms with Gasteiger partial charge in [-0.05, 0) is 6.92 Å². The summed E-state index contributed by atoms with van der Waals surface area (Å²) in [6, 6.07) is 0. The predicted molar refractivity (Wildman–Crippen MR) is 63.4 cm³/mol. The van der Waals surface area contributed by atoms with E-state index in [2.05, 4.69) is 20.2 Å². The molecule has 0 aliphatic carbocycles. The number of anilines is 1.